The summed E-state index contributed by atoms with van der Waals surface area (Å²) in [6, 6.07) is 15.0. The average Bonchev–Trinajstić information content (AvgIpc) is 2.70. The number of thioether (sulfide) groups is 1. The van der Waals surface area contributed by atoms with Gasteiger partial charge in [-0.25, -0.2) is 0 Å². The molecule has 0 aliphatic rings. The van der Waals surface area contributed by atoms with Crippen molar-refractivity contribution in [1.29, 1.82) is 0 Å². The summed E-state index contributed by atoms with van der Waals surface area (Å²) in [5.41, 5.74) is 3.59. The van der Waals surface area contributed by atoms with Crippen LogP contribution in [-0.4, -0.2) is 26.3 Å². The third-order valence-electron chi connectivity index (χ3n) is 4.50. The number of aryl methyl sites for hydroxylation is 1. The lowest BCUT2D eigenvalue weighted by Crippen LogP contribution is -2.26. The molecule has 1 aromatic heterocycles. The van der Waals surface area contributed by atoms with Gasteiger partial charge in [0.05, 0.1) is 5.25 Å². The second-order valence-electron chi connectivity index (χ2n) is 6.43. The molecule has 1 amide bonds. The van der Waals surface area contributed by atoms with Gasteiger partial charge in [0.2, 0.25) is 5.91 Å². The molecule has 3 aromatic rings. The van der Waals surface area contributed by atoms with Crippen molar-refractivity contribution in [3.63, 3.8) is 0 Å². The zero-order valence-corrected chi connectivity index (χ0v) is 16.8. The van der Waals surface area contributed by atoms with Crippen LogP contribution in [0.2, 0.25) is 0 Å². The topological polar surface area (TPSA) is 87.7 Å². The van der Waals surface area contributed by atoms with Crippen LogP contribution < -0.4 is 10.9 Å². The maximum atomic E-state index is 12.7. The van der Waals surface area contributed by atoms with Crippen LogP contribution >= 0.6 is 11.8 Å². The average molecular weight is 395 g/mol. The predicted molar refractivity (Wildman–Crippen MR) is 113 cm³/mol. The normalized spacial score (nSPS) is 11.8. The standard InChI is InChI=1S/C21H22N4O2S/c1-4-17(19(26)22-16-12-8-9-13(2)14(16)3)28-21-23-20(27)18(24-25-21)15-10-6-5-7-11-15/h5-12,17H,4H2,1-3H3,(H,22,26)(H,23,25,27). The van der Waals surface area contributed by atoms with Crippen LogP contribution in [0.3, 0.4) is 0 Å². The van der Waals surface area contributed by atoms with E-state index in [-0.39, 0.29) is 17.2 Å². The molecule has 0 fully saturated rings. The number of nitrogens with one attached hydrogen (secondary N) is 2. The van der Waals surface area contributed by atoms with E-state index in [1.807, 2.05) is 57.2 Å². The summed E-state index contributed by atoms with van der Waals surface area (Å²) in [7, 11) is 0. The molecule has 0 saturated heterocycles. The molecule has 1 atom stereocenters. The van der Waals surface area contributed by atoms with Crippen molar-refractivity contribution in [2.45, 2.75) is 37.6 Å². The minimum absolute atomic E-state index is 0.129. The first-order valence-electron chi connectivity index (χ1n) is 9.05. The zero-order chi connectivity index (χ0) is 20.1. The van der Waals surface area contributed by atoms with E-state index in [4.69, 9.17) is 0 Å². The van der Waals surface area contributed by atoms with Crippen LogP contribution in [0, 0.1) is 13.8 Å². The zero-order valence-electron chi connectivity index (χ0n) is 16.0. The second kappa shape index (κ2) is 8.84. The van der Waals surface area contributed by atoms with E-state index >= 15 is 0 Å². The third-order valence-corrected chi connectivity index (χ3v) is 5.74. The van der Waals surface area contributed by atoms with Crippen LogP contribution in [-0.2, 0) is 4.79 Å². The lowest BCUT2D eigenvalue weighted by atomic mass is 10.1. The van der Waals surface area contributed by atoms with Gasteiger partial charge in [0, 0.05) is 11.3 Å². The number of carbonyl (C=O) groups excluding carboxylic acids is 1. The molecule has 0 aliphatic heterocycles. The van der Waals surface area contributed by atoms with Gasteiger partial charge in [-0.2, -0.15) is 0 Å². The van der Waals surface area contributed by atoms with Crippen molar-refractivity contribution in [2.24, 2.45) is 0 Å². The Morgan fingerprint density at radius 3 is 2.54 bits per heavy atom. The molecule has 7 heteroatoms. The monoisotopic (exact) mass is 394 g/mol. The Bertz CT molecular complexity index is 1030. The SMILES string of the molecule is CCC(Sc1nnc(-c2ccccc2)c(=O)[nH]1)C(=O)Nc1cccc(C)c1C. The molecular weight excluding hydrogens is 372 g/mol. The van der Waals surface area contributed by atoms with Crippen LogP contribution in [0.4, 0.5) is 5.69 Å². The fraction of sp³-hybridized carbons (Fsp3) is 0.238. The fourth-order valence-corrected chi connectivity index (χ4v) is 3.56. The van der Waals surface area contributed by atoms with Gasteiger partial charge in [-0.3, -0.25) is 14.6 Å². The number of H-pyrrole nitrogens is 1. The van der Waals surface area contributed by atoms with Gasteiger partial charge in [-0.1, -0.05) is 61.2 Å². The van der Waals surface area contributed by atoms with E-state index in [1.165, 1.54) is 11.8 Å². The van der Waals surface area contributed by atoms with E-state index in [9.17, 15) is 9.59 Å². The number of hydrogen-bond acceptors (Lipinski definition) is 5. The maximum Gasteiger partial charge on any atom is 0.278 e. The van der Waals surface area contributed by atoms with Crippen molar-refractivity contribution in [3.05, 3.63) is 70.0 Å². The van der Waals surface area contributed by atoms with E-state index in [0.717, 1.165) is 16.8 Å². The number of nitrogens with zero attached hydrogens (tertiary/aromatic N) is 2. The third kappa shape index (κ3) is 4.48. The minimum atomic E-state index is -0.396. The molecule has 144 valence electrons. The summed E-state index contributed by atoms with van der Waals surface area (Å²) >= 11 is 1.20. The number of hydrogen-bond donors (Lipinski definition) is 2. The number of benzene rings is 2. The van der Waals surface area contributed by atoms with E-state index in [1.54, 1.807) is 12.1 Å². The number of anilines is 1. The van der Waals surface area contributed by atoms with Crippen molar-refractivity contribution in [1.82, 2.24) is 15.2 Å². The number of aromatic amines is 1. The van der Waals surface area contributed by atoms with E-state index in [2.05, 4.69) is 20.5 Å². The first-order chi connectivity index (χ1) is 13.5. The Hall–Kier alpha value is -2.93. The number of amides is 1. The number of aromatic nitrogens is 3. The van der Waals surface area contributed by atoms with Gasteiger partial charge in [-0.15, -0.1) is 10.2 Å². The minimum Gasteiger partial charge on any atom is -0.325 e. The number of carbonyl (C=O) groups is 1. The van der Waals surface area contributed by atoms with Crippen LogP contribution in [0.15, 0.2) is 58.5 Å². The van der Waals surface area contributed by atoms with Gasteiger partial charge in [0.25, 0.3) is 5.56 Å². The highest BCUT2D eigenvalue weighted by Gasteiger charge is 2.21. The van der Waals surface area contributed by atoms with Crippen LogP contribution in [0.5, 0.6) is 0 Å². The molecule has 6 nitrogen and oxygen atoms in total. The molecule has 0 bridgehead atoms. The molecule has 3 rings (SSSR count). The maximum absolute atomic E-state index is 12.7. The van der Waals surface area contributed by atoms with Gasteiger partial charge < -0.3 is 5.32 Å². The van der Waals surface area contributed by atoms with E-state index in [0.29, 0.717) is 17.1 Å². The summed E-state index contributed by atoms with van der Waals surface area (Å²) < 4.78 is 0. The fourth-order valence-electron chi connectivity index (χ4n) is 2.72. The first kappa shape index (κ1) is 19.8. The molecule has 2 aromatic carbocycles. The quantitative estimate of drug-likeness (QED) is 0.618. The van der Waals surface area contributed by atoms with Gasteiger partial charge >= 0.3 is 0 Å². The Kier molecular flexibility index (Phi) is 6.26. The summed E-state index contributed by atoms with van der Waals surface area (Å²) in [4.78, 5) is 27.8. The van der Waals surface area contributed by atoms with Crippen molar-refractivity contribution in [3.8, 4) is 11.3 Å². The van der Waals surface area contributed by atoms with Gasteiger partial charge in [0.15, 0.2) is 10.9 Å². The van der Waals surface area contributed by atoms with Gasteiger partial charge in [-0.05, 0) is 37.5 Å². The largest absolute Gasteiger partial charge is 0.325 e. The predicted octanol–water partition coefficient (Wildman–Crippen LogP) is 3.96. The highest BCUT2D eigenvalue weighted by atomic mass is 32.2. The highest BCUT2D eigenvalue weighted by Crippen LogP contribution is 2.24. The molecule has 0 saturated carbocycles. The molecule has 28 heavy (non-hydrogen) atoms. The molecule has 1 unspecified atom stereocenters. The molecule has 1 heterocycles. The lowest BCUT2D eigenvalue weighted by molar-refractivity contribution is -0.115. The number of rotatable bonds is 6. The van der Waals surface area contributed by atoms with Gasteiger partial charge in [0.1, 0.15) is 0 Å². The Labute approximate surface area is 167 Å². The molecule has 0 spiro atoms. The van der Waals surface area contributed by atoms with Crippen LogP contribution in [0.25, 0.3) is 11.3 Å². The smallest absolute Gasteiger partial charge is 0.278 e. The van der Waals surface area contributed by atoms with E-state index < -0.39 is 5.25 Å². The second-order valence-corrected chi connectivity index (χ2v) is 7.62. The van der Waals surface area contributed by atoms with Crippen molar-refractivity contribution in [2.75, 3.05) is 5.32 Å². The highest BCUT2D eigenvalue weighted by molar-refractivity contribution is 8.00. The Morgan fingerprint density at radius 1 is 1.11 bits per heavy atom. The summed E-state index contributed by atoms with van der Waals surface area (Å²) in [5.74, 6) is -0.129. The van der Waals surface area contributed by atoms with Crippen molar-refractivity contribution < 1.29 is 4.79 Å². The Morgan fingerprint density at radius 2 is 1.86 bits per heavy atom. The molecule has 0 aliphatic carbocycles. The molecule has 2 N–H and O–H groups in total. The molecular formula is C21H22N4O2S. The van der Waals surface area contributed by atoms with Crippen molar-refractivity contribution >= 4 is 23.4 Å². The lowest BCUT2D eigenvalue weighted by Gasteiger charge is -2.16. The summed E-state index contributed by atoms with van der Waals surface area (Å²) in [6.45, 7) is 5.90. The summed E-state index contributed by atoms with van der Waals surface area (Å²) in [5, 5.41) is 11.1. The Balaban J connectivity index is 1.75. The molecule has 0 radical (unpaired) electrons. The van der Waals surface area contributed by atoms with Crippen LogP contribution in [0.1, 0.15) is 24.5 Å². The first-order valence-corrected chi connectivity index (χ1v) is 9.93. The summed E-state index contributed by atoms with van der Waals surface area (Å²) in [6.07, 6.45) is 0.589.